The summed E-state index contributed by atoms with van der Waals surface area (Å²) in [6.45, 7) is 6.18. The van der Waals surface area contributed by atoms with Crippen molar-refractivity contribution in [2.75, 3.05) is 6.54 Å². The molecule has 0 aliphatic rings. The zero-order valence-corrected chi connectivity index (χ0v) is 15.1. The lowest BCUT2D eigenvalue weighted by molar-refractivity contribution is -0.126. The van der Waals surface area contributed by atoms with Crippen LogP contribution in [0.5, 0.6) is 0 Å². The van der Waals surface area contributed by atoms with Gasteiger partial charge in [-0.15, -0.1) is 0 Å². The van der Waals surface area contributed by atoms with Gasteiger partial charge < -0.3 is 15.1 Å². The Morgan fingerprint density at radius 1 is 1.24 bits per heavy atom. The molecule has 0 unspecified atom stereocenters. The third kappa shape index (κ3) is 4.95. The molecular formula is C20H26N2O3. The van der Waals surface area contributed by atoms with Gasteiger partial charge in [-0.05, 0) is 32.4 Å². The summed E-state index contributed by atoms with van der Waals surface area (Å²) in [4.78, 5) is 23.8. The fourth-order valence-corrected chi connectivity index (χ4v) is 2.64. The van der Waals surface area contributed by atoms with E-state index < -0.39 is 6.04 Å². The number of para-hydroxylation sites is 1. The van der Waals surface area contributed by atoms with Crippen molar-refractivity contribution in [3.05, 3.63) is 41.7 Å². The number of likely N-dealkylation sites (N-methyl/N-ethyl adjacent to an activating group) is 1. The largest absolute Gasteiger partial charge is 0.460 e. The van der Waals surface area contributed by atoms with Gasteiger partial charge in [0.1, 0.15) is 17.4 Å². The van der Waals surface area contributed by atoms with Crippen molar-refractivity contribution in [3.8, 4) is 0 Å². The third-order valence-corrected chi connectivity index (χ3v) is 3.97. The number of unbranched alkanes of at least 4 members (excludes halogenated alkanes) is 1. The van der Waals surface area contributed by atoms with E-state index in [9.17, 15) is 9.59 Å². The second-order valence-electron chi connectivity index (χ2n) is 6.00. The summed E-state index contributed by atoms with van der Waals surface area (Å²) >= 11 is 0. The van der Waals surface area contributed by atoms with Crippen LogP contribution in [0.2, 0.25) is 0 Å². The standard InChI is InChI=1S/C20H26N2O3/c1-4-6-10-17-16(15-9-7-8-11-18(15)25-17)12-13-19(23)22-14(3)20(24)21-5-2/h7-9,11-14H,4-6,10H2,1-3H3,(H,21,24)(H,22,23)/b13-12+/t14-/m1/s1. The van der Waals surface area contributed by atoms with E-state index in [0.29, 0.717) is 6.54 Å². The molecule has 0 saturated carbocycles. The summed E-state index contributed by atoms with van der Waals surface area (Å²) in [6.07, 6.45) is 6.17. The minimum atomic E-state index is -0.572. The van der Waals surface area contributed by atoms with Gasteiger partial charge in [-0.3, -0.25) is 9.59 Å². The van der Waals surface area contributed by atoms with Gasteiger partial charge in [0.2, 0.25) is 11.8 Å². The molecule has 0 aliphatic heterocycles. The zero-order chi connectivity index (χ0) is 18.2. The fraction of sp³-hybridized carbons (Fsp3) is 0.400. The maximum absolute atomic E-state index is 12.1. The molecule has 25 heavy (non-hydrogen) atoms. The van der Waals surface area contributed by atoms with Crippen LogP contribution in [0.15, 0.2) is 34.8 Å². The fourth-order valence-electron chi connectivity index (χ4n) is 2.64. The second kappa shape index (κ2) is 9.06. The van der Waals surface area contributed by atoms with Gasteiger partial charge in [0.25, 0.3) is 0 Å². The summed E-state index contributed by atoms with van der Waals surface area (Å²) < 4.78 is 5.94. The molecule has 2 aromatic rings. The number of carbonyl (C=O) groups is 2. The summed E-state index contributed by atoms with van der Waals surface area (Å²) in [7, 11) is 0. The molecule has 1 heterocycles. The number of aryl methyl sites for hydroxylation is 1. The number of hydrogen-bond acceptors (Lipinski definition) is 3. The first-order valence-electron chi connectivity index (χ1n) is 8.83. The molecule has 5 nitrogen and oxygen atoms in total. The molecule has 0 fully saturated rings. The highest BCUT2D eigenvalue weighted by Gasteiger charge is 2.14. The van der Waals surface area contributed by atoms with Crippen molar-refractivity contribution in [2.24, 2.45) is 0 Å². The SMILES string of the molecule is CCCCc1oc2ccccc2c1/C=C/C(=O)N[C@H](C)C(=O)NCC. The van der Waals surface area contributed by atoms with E-state index in [1.165, 1.54) is 6.08 Å². The van der Waals surface area contributed by atoms with Crippen LogP contribution in [0.25, 0.3) is 17.0 Å². The number of fused-ring (bicyclic) bond motifs is 1. The van der Waals surface area contributed by atoms with Crippen LogP contribution in [0.1, 0.15) is 44.9 Å². The van der Waals surface area contributed by atoms with Crippen LogP contribution >= 0.6 is 0 Å². The first kappa shape index (κ1) is 18.8. The Kier molecular flexibility index (Phi) is 6.81. The molecule has 0 aliphatic carbocycles. The smallest absolute Gasteiger partial charge is 0.244 e. The molecule has 2 N–H and O–H groups in total. The molecule has 0 spiro atoms. The van der Waals surface area contributed by atoms with Gasteiger partial charge in [-0.25, -0.2) is 0 Å². The highest BCUT2D eigenvalue weighted by molar-refractivity contribution is 5.98. The van der Waals surface area contributed by atoms with Gasteiger partial charge in [0.15, 0.2) is 0 Å². The number of rotatable bonds is 8. The number of amides is 2. The van der Waals surface area contributed by atoms with Crippen molar-refractivity contribution >= 4 is 28.9 Å². The lowest BCUT2D eigenvalue weighted by atomic mass is 10.1. The zero-order valence-electron chi connectivity index (χ0n) is 15.1. The Balaban J connectivity index is 2.16. The summed E-state index contributed by atoms with van der Waals surface area (Å²) in [5, 5.41) is 6.35. The first-order valence-corrected chi connectivity index (χ1v) is 8.83. The maximum atomic E-state index is 12.1. The highest BCUT2D eigenvalue weighted by Crippen LogP contribution is 2.28. The Morgan fingerprint density at radius 3 is 2.72 bits per heavy atom. The van der Waals surface area contributed by atoms with E-state index in [1.54, 1.807) is 13.0 Å². The number of nitrogens with one attached hydrogen (secondary N) is 2. The summed E-state index contributed by atoms with van der Waals surface area (Å²) in [5.41, 5.74) is 1.76. The first-order chi connectivity index (χ1) is 12.1. The number of carbonyl (C=O) groups excluding carboxylic acids is 2. The van der Waals surface area contributed by atoms with E-state index in [0.717, 1.165) is 41.6 Å². The van der Waals surface area contributed by atoms with Crippen LogP contribution < -0.4 is 10.6 Å². The van der Waals surface area contributed by atoms with Crippen molar-refractivity contribution in [1.29, 1.82) is 0 Å². The third-order valence-electron chi connectivity index (χ3n) is 3.97. The van der Waals surface area contributed by atoms with Crippen LogP contribution in [-0.2, 0) is 16.0 Å². The second-order valence-corrected chi connectivity index (χ2v) is 6.00. The quantitative estimate of drug-likeness (QED) is 0.722. The van der Waals surface area contributed by atoms with Crippen LogP contribution in [-0.4, -0.2) is 24.4 Å². The van der Waals surface area contributed by atoms with Crippen LogP contribution in [0, 0.1) is 0 Å². The number of benzene rings is 1. The Labute approximate surface area is 148 Å². The van der Waals surface area contributed by atoms with Crippen molar-refractivity contribution in [3.63, 3.8) is 0 Å². The van der Waals surface area contributed by atoms with Crippen molar-refractivity contribution < 1.29 is 14.0 Å². The molecular weight excluding hydrogens is 316 g/mol. The van der Waals surface area contributed by atoms with Crippen molar-refractivity contribution in [2.45, 2.75) is 46.1 Å². The van der Waals surface area contributed by atoms with E-state index in [4.69, 9.17) is 4.42 Å². The van der Waals surface area contributed by atoms with E-state index in [2.05, 4.69) is 17.6 Å². The number of furan rings is 1. The van der Waals surface area contributed by atoms with Crippen molar-refractivity contribution in [1.82, 2.24) is 10.6 Å². The summed E-state index contributed by atoms with van der Waals surface area (Å²) in [6, 6.07) is 7.24. The Hall–Kier alpha value is -2.56. The average molecular weight is 342 g/mol. The molecule has 1 atom stereocenters. The molecule has 0 radical (unpaired) electrons. The highest BCUT2D eigenvalue weighted by atomic mass is 16.3. The molecule has 2 rings (SSSR count). The minimum Gasteiger partial charge on any atom is -0.460 e. The van der Waals surface area contributed by atoms with E-state index >= 15 is 0 Å². The Bertz CT molecular complexity index is 761. The molecule has 134 valence electrons. The molecule has 1 aromatic carbocycles. The number of hydrogen-bond donors (Lipinski definition) is 2. The lowest BCUT2D eigenvalue weighted by Crippen LogP contribution is -2.44. The van der Waals surface area contributed by atoms with Gasteiger partial charge in [0, 0.05) is 30.0 Å². The molecule has 2 amide bonds. The lowest BCUT2D eigenvalue weighted by Gasteiger charge is -2.11. The van der Waals surface area contributed by atoms with Gasteiger partial charge in [0.05, 0.1) is 0 Å². The topological polar surface area (TPSA) is 71.3 Å². The predicted molar refractivity (Wildman–Crippen MR) is 100 cm³/mol. The molecule has 0 bridgehead atoms. The normalized spacial score (nSPS) is 12.4. The molecule has 0 saturated heterocycles. The molecule has 5 heteroatoms. The predicted octanol–water partition coefficient (Wildman–Crippen LogP) is 3.43. The average Bonchev–Trinajstić information content (AvgIpc) is 2.95. The van der Waals surface area contributed by atoms with Gasteiger partial charge in [-0.2, -0.15) is 0 Å². The van der Waals surface area contributed by atoms with Crippen LogP contribution in [0.4, 0.5) is 0 Å². The van der Waals surface area contributed by atoms with E-state index in [1.807, 2.05) is 31.2 Å². The maximum Gasteiger partial charge on any atom is 0.244 e. The minimum absolute atomic E-state index is 0.193. The van der Waals surface area contributed by atoms with E-state index in [-0.39, 0.29) is 11.8 Å². The Morgan fingerprint density at radius 2 is 2.00 bits per heavy atom. The summed E-state index contributed by atoms with van der Waals surface area (Å²) in [5.74, 6) is 0.399. The molecule has 1 aromatic heterocycles. The van der Waals surface area contributed by atoms with Gasteiger partial charge in [-0.1, -0.05) is 31.5 Å². The van der Waals surface area contributed by atoms with Crippen LogP contribution in [0.3, 0.4) is 0 Å². The monoisotopic (exact) mass is 342 g/mol. The van der Waals surface area contributed by atoms with Gasteiger partial charge >= 0.3 is 0 Å².